The van der Waals surface area contributed by atoms with Gasteiger partial charge in [0.15, 0.2) is 5.82 Å². The monoisotopic (exact) mass is 393 g/mol. The van der Waals surface area contributed by atoms with Crippen LogP contribution in [0.15, 0.2) is 23.1 Å². The highest BCUT2D eigenvalue weighted by atomic mass is 32.2. The van der Waals surface area contributed by atoms with Gasteiger partial charge < -0.3 is 14.6 Å². The molecule has 0 saturated heterocycles. The van der Waals surface area contributed by atoms with Gasteiger partial charge in [0, 0.05) is 26.1 Å². The molecular formula is C18H27N5O3S. The maximum atomic E-state index is 12.8. The third-order valence-electron chi connectivity index (χ3n) is 4.89. The molecule has 3 rings (SSSR count). The van der Waals surface area contributed by atoms with Crippen LogP contribution in [0.25, 0.3) is 0 Å². The van der Waals surface area contributed by atoms with Gasteiger partial charge in [-0.25, -0.2) is 8.42 Å². The van der Waals surface area contributed by atoms with Gasteiger partial charge in [-0.2, -0.15) is 4.31 Å². The lowest BCUT2D eigenvalue weighted by Crippen LogP contribution is -2.30. The number of hydrogen-bond acceptors (Lipinski definition) is 6. The molecule has 9 heteroatoms. The standard InChI is InChI=1S/C18H27N5O3S/c1-5-23(6-2)27(24,25)14-9-10-16(26-4)15(11-14)19-12-17-20-21-18(22(17)3)13-7-8-13/h9-11,13,19H,5-8,12H2,1-4H3. The van der Waals surface area contributed by atoms with Crippen molar-refractivity contribution in [3.8, 4) is 5.75 Å². The lowest BCUT2D eigenvalue weighted by molar-refractivity contribution is 0.415. The molecule has 2 aromatic rings. The number of nitrogens with one attached hydrogen (secondary N) is 1. The minimum Gasteiger partial charge on any atom is -0.495 e. The summed E-state index contributed by atoms with van der Waals surface area (Å²) in [6.45, 7) is 4.94. The zero-order chi connectivity index (χ0) is 19.6. The van der Waals surface area contributed by atoms with Crippen molar-refractivity contribution in [3.63, 3.8) is 0 Å². The van der Waals surface area contributed by atoms with Crippen LogP contribution in [0.4, 0.5) is 5.69 Å². The predicted octanol–water partition coefficient (Wildman–Crippen LogP) is 2.34. The van der Waals surface area contributed by atoms with Crippen molar-refractivity contribution in [1.82, 2.24) is 19.1 Å². The average Bonchev–Trinajstić information content (AvgIpc) is 3.43. The first-order chi connectivity index (χ1) is 12.9. The van der Waals surface area contributed by atoms with Gasteiger partial charge in [0.1, 0.15) is 11.6 Å². The molecule has 1 N–H and O–H groups in total. The van der Waals surface area contributed by atoms with E-state index in [9.17, 15) is 8.42 Å². The maximum absolute atomic E-state index is 12.8. The topological polar surface area (TPSA) is 89.3 Å². The van der Waals surface area contributed by atoms with Gasteiger partial charge in [-0.05, 0) is 31.0 Å². The van der Waals surface area contributed by atoms with E-state index in [2.05, 4.69) is 15.5 Å². The SMILES string of the molecule is CCN(CC)S(=O)(=O)c1ccc(OC)c(NCc2nnc(C3CC3)n2C)c1. The summed E-state index contributed by atoms with van der Waals surface area (Å²) in [5.74, 6) is 2.92. The Morgan fingerprint density at radius 3 is 2.56 bits per heavy atom. The first-order valence-electron chi connectivity index (χ1n) is 9.22. The predicted molar refractivity (Wildman–Crippen MR) is 103 cm³/mol. The number of aromatic nitrogens is 3. The highest BCUT2D eigenvalue weighted by Crippen LogP contribution is 2.38. The molecule has 27 heavy (non-hydrogen) atoms. The summed E-state index contributed by atoms with van der Waals surface area (Å²) in [7, 11) is -0.0105. The fourth-order valence-electron chi connectivity index (χ4n) is 3.10. The van der Waals surface area contributed by atoms with E-state index in [1.54, 1.807) is 25.3 Å². The van der Waals surface area contributed by atoms with E-state index in [0.717, 1.165) is 11.6 Å². The number of hydrogen-bond donors (Lipinski definition) is 1. The summed E-state index contributed by atoms with van der Waals surface area (Å²) in [5, 5.41) is 11.8. The molecule has 1 aliphatic carbocycles. The van der Waals surface area contributed by atoms with E-state index in [4.69, 9.17) is 4.74 Å². The maximum Gasteiger partial charge on any atom is 0.243 e. The molecule has 8 nitrogen and oxygen atoms in total. The van der Waals surface area contributed by atoms with Crippen LogP contribution in [0.5, 0.6) is 5.75 Å². The number of anilines is 1. The number of benzene rings is 1. The Kier molecular flexibility index (Phi) is 5.71. The summed E-state index contributed by atoms with van der Waals surface area (Å²) in [4.78, 5) is 0.242. The number of methoxy groups -OCH3 is 1. The van der Waals surface area contributed by atoms with E-state index < -0.39 is 10.0 Å². The van der Waals surface area contributed by atoms with Gasteiger partial charge >= 0.3 is 0 Å². The lowest BCUT2D eigenvalue weighted by Gasteiger charge is -2.20. The van der Waals surface area contributed by atoms with E-state index in [1.807, 2.05) is 25.5 Å². The Labute approximate surface area is 160 Å². The molecule has 0 aliphatic heterocycles. The minimum atomic E-state index is -3.53. The second-order valence-corrected chi connectivity index (χ2v) is 8.55. The normalized spacial score (nSPS) is 14.6. The van der Waals surface area contributed by atoms with Gasteiger partial charge in [0.05, 0.1) is 24.2 Å². The smallest absolute Gasteiger partial charge is 0.243 e. The fourth-order valence-corrected chi connectivity index (χ4v) is 4.58. The number of rotatable bonds is 9. The summed E-state index contributed by atoms with van der Waals surface area (Å²) in [6, 6.07) is 4.86. The van der Waals surface area contributed by atoms with Crippen LogP contribution in [-0.2, 0) is 23.6 Å². The Hall–Kier alpha value is -2.13. The van der Waals surface area contributed by atoms with Crippen LogP contribution in [-0.4, -0.2) is 47.7 Å². The van der Waals surface area contributed by atoms with E-state index in [-0.39, 0.29) is 4.90 Å². The summed E-state index contributed by atoms with van der Waals surface area (Å²) < 4.78 is 34.4. The number of nitrogens with zero attached hydrogens (tertiary/aromatic N) is 4. The second-order valence-electron chi connectivity index (χ2n) is 6.61. The van der Waals surface area contributed by atoms with Crippen LogP contribution in [0.2, 0.25) is 0 Å². The van der Waals surface area contributed by atoms with Crippen molar-refractivity contribution in [2.45, 2.75) is 44.0 Å². The van der Waals surface area contributed by atoms with Crippen molar-refractivity contribution in [3.05, 3.63) is 29.8 Å². The van der Waals surface area contributed by atoms with Crippen molar-refractivity contribution in [1.29, 1.82) is 0 Å². The largest absolute Gasteiger partial charge is 0.495 e. The van der Waals surface area contributed by atoms with E-state index in [1.165, 1.54) is 17.1 Å². The third kappa shape index (κ3) is 3.93. The second kappa shape index (κ2) is 7.85. The number of sulfonamides is 1. The molecule has 0 bridgehead atoms. The summed E-state index contributed by atoms with van der Waals surface area (Å²) in [5.41, 5.74) is 0.613. The molecule has 0 unspecified atom stereocenters. The van der Waals surface area contributed by atoms with Crippen molar-refractivity contribution in [2.75, 3.05) is 25.5 Å². The Balaban J connectivity index is 1.84. The molecule has 1 fully saturated rings. The zero-order valence-electron chi connectivity index (χ0n) is 16.3. The van der Waals surface area contributed by atoms with Crippen LogP contribution >= 0.6 is 0 Å². The van der Waals surface area contributed by atoms with Crippen LogP contribution < -0.4 is 10.1 Å². The quantitative estimate of drug-likeness (QED) is 0.703. The molecule has 0 spiro atoms. The highest BCUT2D eigenvalue weighted by molar-refractivity contribution is 7.89. The average molecular weight is 394 g/mol. The molecule has 1 heterocycles. The minimum absolute atomic E-state index is 0.242. The first-order valence-corrected chi connectivity index (χ1v) is 10.7. The molecule has 0 amide bonds. The van der Waals surface area contributed by atoms with Gasteiger partial charge in [0.25, 0.3) is 0 Å². The fraction of sp³-hybridized carbons (Fsp3) is 0.556. The summed E-state index contributed by atoms with van der Waals surface area (Å²) >= 11 is 0. The van der Waals surface area contributed by atoms with Crippen molar-refractivity contribution >= 4 is 15.7 Å². The zero-order valence-corrected chi connectivity index (χ0v) is 17.1. The Bertz CT molecular complexity index is 902. The van der Waals surface area contributed by atoms with Crippen molar-refractivity contribution < 1.29 is 13.2 Å². The van der Waals surface area contributed by atoms with E-state index >= 15 is 0 Å². The van der Waals surface area contributed by atoms with Crippen LogP contribution in [0, 0.1) is 0 Å². The van der Waals surface area contributed by atoms with Crippen LogP contribution in [0.3, 0.4) is 0 Å². The van der Waals surface area contributed by atoms with Gasteiger partial charge in [-0.1, -0.05) is 13.8 Å². The highest BCUT2D eigenvalue weighted by Gasteiger charge is 2.29. The summed E-state index contributed by atoms with van der Waals surface area (Å²) in [6.07, 6.45) is 2.33. The van der Waals surface area contributed by atoms with Gasteiger partial charge in [0.2, 0.25) is 10.0 Å². The third-order valence-corrected chi connectivity index (χ3v) is 6.94. The van der Waals surface area contributed by atoms with Crippen LogP contribution in [0.1, 0.15) is 44.3 Å². The molecule has 1 aromatic heterocycles. The Morgan fingerprint density at radius 2 is 1.96 bits per heavy atom. The van der Waals surface area contributed by atoms with Crippen molar-refractivity contribution in [2.24, 2.45) is 7.05 Å². The van der Waals surface area contributed by atoms with Gasteiger partial charge in [-0.3, -0.25) is 0 Å². The molecule has 0 atom stereocenters. The molecule has 1 saturated carbocycles. The molecule has 0 radical (unpaired) electrons. The Morgan fingerprint density at radius 1 is 1.26 bits per heavy atom. The van der Waals surface area contributed by atoms with Gasteiger partial charge in [-0.15, -0.1) is 10.2 Å². The van der Waals surface area contributed by atoms with E-state index in [0.29, 0.717) is 37.0 Å². The molecular weight excluding hydrogens is 366 g/mol. The lowest BCUT2D eigenvalue weighted by atomic mass is 10.3. The molecule has 1 aromatic carbocycles. The number of ether oxygens (including phenoxy) is 1. The first kappa shape index (κ1) is 19.6. The molecule has 1 aliphatic rings. The molecule has 148 valence electrons.